The number of aryl methyl sites for hydroxylation is 2. The van der Waals surface area contributed by atoms with Crippen LogP contribution in [0.5, 0.6) is 5.75 Å². The molecule has 1 N–H and O–H groups in total. The van der Waals surface area contributed by atoms with E-state index in [4.69, 9.17) is 4.74 Å². The van der Waals surface area contributed by atoms with Crippen LogP contribution >= 0.6 is 0 Å². The van der Waals surface area contributed by atoms with Crippen molar-refractivity contribution in [2.75, 3.05) is 29.8 Å². The maximum atomic E-state index is 12.8. The Morgan fingerprint density at radius 2 is 1.76 bits per heavy atom. The summed E-state index contributed by atoms with van der Waals surface area (Å²) in [7, 11) is -2.07. The summed E-state index contributed by atoms with van der Waals surface area (Å²) in [6.07, 6.45) is 2.36. The highest BCUT2D eigenvalue weighted by Crippen LogP contribution is 2.28. The highest BCUT2D eigenvalue weighted by atomic mass is 32.2. The van der Waals surface area contributed by atoms with E-state index in [9.17, 15) is 8.42 Å². The van der Waals surface area contributed by atoms with E-state index in [-0.39, 0.29) is 4.90 Å². The van der Waals surface area contributed by atoms with Crippen LogP contribution in [0, 0.1) is 13.8 Å². The van der Waals surface area contributed by atoms with Gasteiger partial charge in [-0.25, -0.2) is 8.42 Å². The zero-order valence-electron chi connectivity index (χ0n) is 14.9. The fourth-order valence-electron chi connectivity index (χ4n) is 3.22. The van der Waals surface area contributed by atoms with Gasteiger partial charge in [0.15, 0.2) is 0 Å². The smallest absolute Gasteiger partial charge is 0.262 e. The number of hydrogen-bond acceptors (Lipinski definition) is 4. The van der Waals surface area contributed by atoms with Crippen molar-refractivity contribution < 1.29 is 13.2 Å². The van der Waals surface area contributed by atoms with Gasteiger partial charge in [0.25, 0.3) is 10.0 Å². The molecule has 0 atom stereocenters. The minimum Gasteiger partial charge on any atom is -0.496 e. The lowest BCUT2D eigenvalue weighted by Gasteiger charge is -2.19. The number of hydrogen-bond donors (Lipinski definition) is 1. The van der Waals surface area contributed by atoms with Crippen molar-refractivity contribution in [2.45, 2.75) is 31.6 Å². The van der Waals surface area contributed by atoms with Gasteiger partial charge >= 0.3 is 0 Å². The first-order valence-electron chi connectivity index (χ1n) is 8.44. The molecule has 6 heteroatoms. The second kappa shape index (κ2) is 6.96. The molecule has 1 saturated heterocycles. The van der Waals surface area contributed by atoms with Crippen molar-refractivity contribution in [1.29, 1.82) is 0 Å². The van der Waals surface area contributed by atoms with Crippen LogP contribution in [0.3, 0.4) is 0 Å². The summed E-state index contributed by atoms with van der Waals surface area (Å²) in [5, 5.41) is 0. The maximum Gasteiger partial charge on any atom is 0.262 e. The normalized spacial score (nSPS) is 14.6. The van der Waals surface area contributed by atoms with Crippen LogP contribution < -0.4 is 14.4 Å². The standard InChI is InChI=1S/C19H24N2O3S/c1-14-12-19(15(2)11-18(14)24-3)25(22,23)20-16-7-6-8-17(13-16)21-9-4-5-10-21/h6-8,11-13,20H,4-5,9-10H2,1-3H3. The average molecular weight is 360 g/mol. The number of benzene rings is 2. The molecular formula is C19H24N2O3S. The average Bonchev–Trinajstić information content (AvgIpc) is 3.11. The van der Waals surface area contributed by atoms with Gasteiger partial charge < -0.3 is 9.64 Å². The molecule has 0 saturated carbocycles. The molecule has 0 spiro atoms. The number of anilines is 2. The van der Waals surface area contributed by atoms with Crippen molar-refractivity contribution in [3.05, 3.63) is 47.5 Å². The molecule has 0 unspecified atom stereocenters. The molecule has 0 amide bonds. The van der Waals surface area contributed by atoms with Gasteiger partial charge in [-0.15, -0.1) is 0 Å². The first kappa shape index (κ1) is 17.6. The van der Waals surface area contributed by atoms with Crippen LogP contribution in [0.1, 0.15) is 24.0 Å². The molecule has 1 fully saturated rings. The summed E-state index contributed by atoms with van der Waals surface area (Å²) in [4.78, 5) is 2.55. The minimum atomic E-state index is -3.66. The van der Waals surface area contributed by atoms with Gasteiger partial charge in [0.2, 0.25) is 0 Å². The van der Waals surface area contributed by atoms with Crippen LogP contribution in [0.4, 0.5) is 11.4 Å². The highest BCUT2D eigenvalue weighted by molar-refractivity contribution is 7.92. The van der Waals surface area contributed by atoms with Crippen molar-refractivity contribution in [3.63, 3.8) is 0 Å². The lowest BCUT2D eigenvalue weighted by atomic mass is 10.1. The zero-order valence-corrected chi connectivity index (χ0v) is 15.7. The number of nitrogens with one attached hydrogen (secondary N) is 1. The maximum absolute atomic E-state index is 12.8. The molecule has 25 heavy (non-hydrogen) atoms. The second-order valence-corrected chi connectivity index (χ2v) is 8.09. The molecule has 0 bridgehead atoms. The van der Waals surface area contributed by atoms with E-state index in [0.717, 1.165) is 24.3 Å². The molecule has 134 valence electrons. The summed E-state index contributed by atoms with van der Waals surface area (Å²) in [6.45, 7) is 5.66. The van der Waals surface area contributed by atoms with E-state index in [2.05, 4.69) is 9.62 Å². The Kier molecular flexibility index (Phi) is 4.90. The predicted molar refractivity (Wildman–Crippen MR) is 101 cm³/mol. The summed E-state index contributed by atoms with van der Waals surface area (Å²) >= 11 is 0. The molecule has 1 heterocycles. The lowest BCUT2D eigenvalue weighted by molar-refractivity contribution is 0.411. The van der Waals surface area contributed by atoms with Gasteiger partial charge in [-0.2, -0.15) is 0 Å². The van der Waals surface area contributed by atoms with Crippen LogP contribution in [0.2, 0.25) is 0 Å². The SMILES string of the molecule is COc1cc(C)c(S(=O)(=O)Nc2cccc(N3CCCC3)c2)cc1C. The second-order valence-electron chi connectivity index (χ2n) is 6.44. The van der Waals surface area contributed by atoms with Crippen LogP contribution in [-0.4, -0.2) is 28.6 Å². The quantitative estimate of drug-likeness (QED) is 0.883. The number of nitrogens with zero attached hydrogens (tertiary/aromatic N) is 1. The van der Waals surface area contributed by atoms with Crippen LogP contribution in [-0.2, 0) is 10.0 Å². The van der Waals surface area contributed by atoms with Crippen molar-refractivity contribution >= 4 is 21.4 Å². The number of rotatable bonds is 5. The zero-order chi connectivity index (χ0) is 18.0. The van der Waals surface area contributed by atoms with Crippen LogP contribution in [0.15, 0.2) is 41.3 Å². The van der Waals surface area contributed by atoms with Gasteiger partial charge in [0.05, 0.1) is 17.7 Å². The van der Waals surface area contributed by atoms with E-state index in [1.54, 1.807) is 32.2 Å². The summed E-state index contributed by atoms with van der Waals surface area (Å²) in [5.74, 6) is 0.687. The number of sulfonamides is 1. The Hall–Kier alpha value is -2.21. The fraction of sp³-hybridized carbons (Fsp3) is 0.368. The van der Waals surface area contributed by atoms with Gasteiger partial charge in [0, 0.05) is 18.8 Å². The van der Waals surface area contributed by atoms with E-state index >= 15 is 0 Å². The Balaban J connectivity index is 1.89. The molecule has 5 nitrogen and oxygen atoms in total. The first-order chi connectivity index (χ1) is 11.9. The largest absolute Gasteiger partial charge is 0.496 e. The Labute approximate surface area is 149 Å². The Bertz CT molecular complexity index is 872. The van der Waals surface area contributed by atoms with E-state index in [0.29, 0.717) is 17.0 Å². The van der Waals surface area contributed by atoms with Crippen LogP contribution in [0.25, 0.3) is 0 Å². The summed E-state index contributed by atoms with van der Waals surface area (Å²) in [6, 6.07) is 11.0. The molecular weight excluding hydrogens is 336 g/mol. The third-order valence-electron chi connectivity index (χ3n) is 4.55. The topological polar surface area (TPSA) is 58.6 Å². The molecule has 2 aromatic rings. The molecule has 0 aliphatic carbocycles. The Morgan fingerprint density at radius 1 is 1.04 bits per heavy atom. The molecule has 1 aliphatic heterocycles. The van der Waals surface area contributed by atoms with Gasteiger partial charge in [-0.05, 0) is 68.1 Å². The molecule has 2 aromatic carbocycles. The molecule has 1 aliphatic rings. The third kappa shape index (κ3) is 3.74. The van der Waals surface area contributed by atoms with Crippen molar-refractivity contribution in [1.82, 2.24) is 0 Å². The monoisotopic (exact) mass is 360 g/mol. The minimum absolute atomic E-state index is 0.275. The predicted octanol–water partition coefficient (Wildman–Crippen LogP) is 3.71. The fourth-order valence-corrected chi connectivity index (χ4v) is 4.59. The third-order valence-corrected chi connectivity index (χ3v) is 6.07. The van der Waals surface area contributed by atoms with Gasteiger partial charge in [0.1, 0.15) is 5.75 Å². The highest BCUT2D eigenvalue weighted by Gasteiger charge is 2.20. The Morgan fingerprint density at radius 3 is 2.44 bits per heavy atom. The lowest BCUT2D eigenvalue weighted by Crippen LogP contribution is -2.18. The van der Waals surface area contributed by atoms with E-state index < -0.39 is 10.0 Å². The number of ether oxygens (including phenoxy) is 1. The number of methoxy groups -OCH3 is 1. The molecule has 3 rings (SSSR count). The molecule has 0 radical (unpaired) electrons. The van der Waals surface area contributed by atoms with Gasteiger partial charge in [-0.1, -0.05) is 6.07 Å². The van der Waals surface area contributed by atoms with E-state index in [1.165, 1.54) is 12.8 Å². The first-order valence-corrected chi connectivity index (χ1v) is 9.92. The molecule has 0 aromatic heterocycles. The summed E-state index contributed by atoms with van der Waals surface area (Å²) < 4.78 is 33.7. The summed E-state index contributed by atoms with van der Waals surface area (Å²) in [5.41, 5.74) is 3.09. The van der Waals surface area contributed by atoms with Gasteiger partial charge in [-0.3, -0.25) is 4.72 Å². The van der Waals surface area contributed by atoms with E-state index in [1.807, 2.05) is 25.1 Å². The van der Waals surface area contributed by atoms with Crippen molar-refractivity contribution in [3.8, 4) is 5.75 Å². The van der Waals surface area contributed by atoms with Crippen molar-refractivity contribution in [2.24, 2.45) is 0 Å².